The van der Waals surface area contributed by atoms with Crippen LogP contribution in [0, 0.1) is 11.3 Å². The molecule has 1 aliphatic carbocycles. The third-order valence-electron chi connectivity index (χ3n) is 4.73. The van der Waals surface area contributed by atoms with Crippen LogP contribution in [-0.2, 0) is 22.4 Å². The first kappa shape index (κ1) is 19.8. The highest BCUT2D eigenvalue weighted by Gasteiger charge is 2.25. The van der Waals surface area contributed by atoms with Gasteiger partial charge in [0.2, 0.25) is 0 Å². The van der Waals surface area contributed by atoms with Gasteiger partial charge < -0.3 is 15.0 Å². The van der Waals surface area contributed by atoms with Crippen molar-refractivity contribution in [3.05, 3.63) is 39.5 Å². The molecule has 0 saturated carbocycles. The van der Waals surface area contributed by atoms with E-state index in [1.807, 2.05) is 0 Å². The zero-order chi connectivity index (χ0) is 20.3. The summed E-state index contributed by atoms with van der Waals surface area (Å²) in [7, 11) is 0. The minimum atomic E-state index is -1.05. The summed E-state index contributed by atoms with van der Waals surface area (Å²) in [5, 5.41) is 12.8. The van der Waals surface area contributed by atoms with E-state index in [9.17, 15) is 19.6 Å². The van der Waals surface area contributed by atoms with Gasteiger partial charge in [-0.25, -0.2) is 4.79 Å². The van der Waals surface area contributed by atoms with Crippen molar-refractivity contribution in [2.45, 2.75) is 52.1 Å². The standard InChI is InChI=1S/C20H21N3O4S/c1-11(24)13-8-16(22-10-13)20(26)27-12(2)18(25)23-19-15(9-21)14-6-4-3-5-7-17(14)28-19/h8,10,12,22H,3-7H2,1-2H3,(H,23,25)/t12-/m0/s1. The Hall–Kier alpha value is -2.92. The quantitative estimate of drug-likeness (QED) is 0.453. The molecular weight excluding hydrogens is 378 g/mol. The fourth-order valence-electron chi connectivity index (χ4n) is 3.16. The lowest BCUT2D eigenvalue weighted by Gasteiger charge is -2.12. The van der Waals surface area contributed by atoms with Crippen molar-refractivity contribution in [3.63, 3.8) is 0 Å². The molecule has 1 atom stereocenters. The average molecular weight is 399 g/mol. The SMILES string of the molecule is CC(=O)c1c[nH]c(C(=O)O[C@@H](C)C(=O)Nc2sc3c(c2C#N)CCCCC3)c1. The van der Waals surface area contributed by atoms with E-state index in [4.69, 9.17) is 4.74 Å². The Morgan fingerprint density at radius 1 is 1.29 bits per heavy atom. The Bertz CT molecular complexity index is 967. The number of anilines is 1. The number of amides is 1. The first-order valence-corrected chi connectivity index (χ1v) is 9.98. The van der Waals surface area contributed by atoms with Crippen LogP contribution in [0.3, 0.4) is 0 Å². The van der Waals surface area contributed by atoms with E-state index < -0.39 is 18.0 Å². The molecule has 0 unspecified atom stereocenters. The van der Waals surface area contributed by atoms with Crippen LogP contribution in [-0.4, -0.2) is 28.7 Å². The van der Waals surface area contributed by atoms with Crippen LogP contribution in [0.25, 0.3) is 0 Å². The van der Waals surface area contributed by atoms with E-state index >= 15 is 0 Å². The molecule has 146 valence electrons. The molecule has 2 N–H and O–H groups in total. The summed E-state index contributed by atoms with van der Waals surface area (Å²) in [4.78, 5) is 39.8. The Labute approximate surface area is 166 Å². The van der Waals surface area contributed by atoms with Crippen molar-refractivity contribution >= 4 is 34.0 Å². The molecule has 2 aromatic heterocycles. The Kier molecular flexibility index (Phi) is 5.95. The summed E-state index contributed by atoms with van der Waals surface area (Å²) < 4.78 is 5.19. The number of esters is 1. The summed E-state index contributed by atoms with van der Waals surface area (Å²) in [5.74, 6) is -1.40. The molecule has 1 amide bonds. The van der Waals surface area contributed by atoms with Crippen molar-refractivity contribution in [1.82, 2.24) is 4.98 Å². The number of thiophene rings is 1. The number of rotatable bonds is 5. The molecule has 2 aromatic rings. The van der Waals surface area contributed by atoms with Crippen molar-refractivity contribution < 1.29 is 19.1 Å². The molecule has 0 radical (unpaired) electrons. The molecule has 0 fully saturated rings. The topological polar surface area (TPSA) is 112 Å². The highest BCUT2D eigenvalue weighted by atomic mass is 32.1. The monoisotopic (exact) mass is 399 g/mol. The van der Waals surface area contributed by atoms with Crippen LogP contribution in [0.4, 0.5) is 5.00 Å². The number of aromatic amines is 1. The number of aromatic nitrogens is 1. The number of fused-ring (bicyclic) bond motifs is 1. The van der Waals surface area contributed by atoms with Crippen molar-refractivity contribution in [1.29, 1.82) is 5.26 Å². The molecule has 0 spiro atoms. The number of Topliss-reactive ketones (excluding diaryl/α,β-unsaturated/α-hetero) is 1. The number of nitriles is 1. The van der Waals surface area contributed by atoms with Gasteiger partial charge in [-0.1, -0.05) is 6.42 Å². The second-order valence-electron chi connectivity index (χ2n) is 6.78. The molecule has 0 bridgehead atoms. The van der Waals surface area contributed by atoms with Gasteiger partial charge in [0.15, 0.2) is 11.9 Å². The molecule has 0 aromatic carbocycles. The number of carbonyl (C=O) groups is 3. The zero-order valence-corrected chi connectivity index (χ0v) is 16.6. The second-order valence-corrected chi connectivity index (χ2v) is 7.88. The third kappa shape index (κ3) is 4.15. The zero-order valence-electron chi connectivity index (χ0n) is 15.8. The Balaban J connectivity index is 1.68. The fraction of sp³-hybridized carbons (Fsp3) is 0.400. The molecule has 8 heteroatoms. The van der Waals surface area contributed by atoms with Gasteiger partial charge in [0.1, 0.15) is 16.8 Å². The highest BCUT2D eigenvalue weighted by Crippen LogP contribution is 2.37. The van der Waals surface area contributed by atoms with Crippen LogP contribution in [0.2, 0.25) is 0 Å². The molecule has 0 aliphatic heterocycles. The van der Waals surface area contributed by atoms with Crippen molar-refractivity contribution in [3.8, 4) is 6.07 Å². The molecule has 7 nitrogen and oxygen atoms in total. The van der Waals surface area contributed by atoms with Crippen molar-refractivity contribution in [2.24, 2.45) is 0 Å². The number of nitrogens with one attached hydrogen (secondary N) is 2. The van der Waals surface area contributed by atoms with Gasteiger partial charge in [-0.05, 0) is 51.2 Å². The Morgan fingerprint density at radius 3 is 2.71 bits per heavy atom. The summed E-state index contributed by atoms with van der Waals surface area (Å²) >= 11 is 1.43. The van der Waals surface area contributed by atoms with Gasteiger partial charge in [-0.2, -0.15) is 5.26 Å². The van der Waals surface area contributed by atoms with E-state index in [1.165, 1.54) is 37.4 Å². The minimum absolute atomic E-state index is 0.102. The summed E-state index contributed by atoms with van der Waals surface area (Å²) in [6.07, 6.45) is 5.40. The van der Waals surface area contributed by atoms with Gasteiger partial charge in [0.25, 0.3) is 5.91 Å². The van der Waals surface area contributed by atoms with E-state index in [0.29, 0.717) is 16.1 Å². The number of hydrogen-bond donors (Lipinski definition) is 2. The van der Waals surface area contributed by atoms with Gasteiger partial charge in [-0.3, -0.25) is 9.59 Å². The first-order chi connectivity index (χ1) is 13.4. The van der Waals surface area contributed by atoms with Gasteiger partial charge in [-0.15, -0.1) is 11.3 Å². The Morgan fingerprint density at radius 2 is 2.04 bits per heavy atom. The highest BCUT2D eigenvalue weighted by molar-refractivity contribution is 7.16. The minimum Gasteiger partial charge on any atom is -0.448 e. The van der Waals surface area contributed by atoms with Gasteiger partial charge in [0.05, 0.1) is 5.56 Å². The summed E-state index contributed by atoms with van der Waals surface area (Å²) in [6, 6.07) is 3.60. The van der Waals surface area contributed by atoms with Crippen LogP contribution in [0.15, 0.2) is 12.3 Å². The lowest BCUT2D eigenvalue weighted by atomic mass is 10.1. The largest absolute Gasteiger partial charge is 0.448 e. The van der Waals surface area contributed by atoms with Crippen LogP contribution >= 0.6 is 11.3 Å². The molecule has 28 heavy (non-hydrogen) atoms. The number of carbonyl (C=O) groups excluding carboxylic acids is 3. The molecule has 2 heterocycles. The van der Waals surface area contributed by atoms with Crippen LogP contribution in [0.1, 0.15) is 70.0 Å². The lowest BCUT2D eigenvalue weighted by Crippen LogP contribution is -2.30. The fourth-order valence-corrected chi connectivity index (χ4v) is 4.40. The van der Waals surface area contributed by atoms with E-state index in [0.717, 1.165) is 42.5 Å². The normalized spacial score (nSPS) is 14.3. The number of nitrogens with zero attached hydrogens (tertiary/aromatic N) is 1. The second kappa shape index (κ2) is 8.40. The van der Waals surface area contributed by atoms with Crippen molar-refractivity contribution in [2.75, 3.05) is 5.32 Å². The number of ether oxygens (including phenoxy) is 1. The lowest BCUT2D eigenvalue weighted by molar-refractivity contribution is -0.123. The van der Waals surface area contributed by atoms with Crippen LogP contribution in [0.5, 0.6) is 0 Å². The van der Waals surface area contributed by atoms with Gasteiger partial charge in [0, 0.05) is 16.6 Å². The third-order valence-corrected chi connectivity index (χ3v) is 5.94. The number of H-pyrrole nitrogens is 1. The van der Waals surface area contributed by atoms with E-state index in [-0.39, 0.29) is 11.5 Å². The number of hydrogen-bond acceptors (Lipinski definition) is 6. The van der Waals surface area contributed by atoms with Gasteiger partial charge >= 0.3 is 5.97 Å². The maximum absolute atomic E-state index is 12.5. The summed E-state index contributed by atoms with van der Waals surface area (Å²) in [6.45, 7) is 2.86. The van der Waals surface area contributed by atoms with E-state index in [1.54, 1.807) is 0 Å². The van der Waals surface area contributed by atoms with E-state index in [2.05, 4.69) is 16.4 Å². The molecule has 3 rings (SSSR count). The number of aryl methyl sites for hydroxylation is 1. The molecule has 1 aliphatic rings. The maximum Gasteiger partial charge on any atom is 0.355 e. The molecular formula is C20H21N3O4S. The first-order valence-electron chi connectivity index (χ1n) is 9.16. The van der Waals surface area contributed by atoms with Crippen LogP contribution < -0.4 is 5.32 Å². The predicted octanol–water partition coefficient (Wildman–Crippen LogP) is 3.60. The smallest absolute Gasteiger partial charge is 0.355 e. The predicted molar refractivity (Wildman–Crippen MR) is 105 cm³/mol. The maximum atomic E-state index is 12.5. The number of ketones is 1. The summed E-state index contributed by atoms with van der Waals surface area (Å²) in [5.41, 5.74) is 2.02. The average Bonchev–Trinajstić information content (AvgIpc) is 3.21. The molecule has 0 saturated heterocycles.